The van der Waals surface area contributed by atoms with Gasteiger partial charge in [-0.3, -0.25) is 4.79 Å². The Morgan fingerprint density at radius 1 is 1.22 bits per heavy atom. The summed E-state index contributed by atoms with van der Waals surface area (Å²) < 4.78 is 0. The van der Waals surface area contributed by atoms with Crippen LogP contribution < -0.4 is 5.43 Å². The van der Waals surface area contributed by atoms with Gasteiger partial charge in [0.05, 0.1) is 16.4 Å². The molecule has 3 N–H and O–H groups in total. The Morgan fingerprint density at radius 3 is 2.72 bits per heavy atom. The van der Waals surface area contributed by atoms with Gasteiger partial charge in [0, 0.05) is 11.6 Å². The second kappa shape index (κ2) is 3.46. The van der Waals surface area contributed by atoms with Crippen molar-refractivity contribution in [3.63, 3.8) is 0 Å². The first-order valence-electron chi connectivity index (χ1n) is 5.45. The number of aromatic carboxylic acids is 1. The number of aryl methyl sites for hydroxylation is 1. The SMILES string of the molecule is Cc1c(C(=O)O)[nH]cc2[nH]c3cccc(=O)c3c12. The van der Waals surface area contributed by atoms with E-state index < -0.39 is 5.97 Å². The predicted octanol–water partition coefficient (Wildman–Crippen LogP) is 2.02. The Bertz CT molecular complexity index is 842. The van der Waals surface area contributed by atoms with Crippen LogP contribution in [0.25, 0.3) is 21.8 Å². The normalized spacial score (nSPS) is 11.2. The third-order valence-corrected chi connectivity index (χ3v) is 3.14. The molecule has 0 aliphatic carbocycles. The molecular formula is C13H10N2O3. The molecule has 0 saturated carbocycles. The molecule has 2 heterocycles. The topological polar surface area (TPSA) is 85.9 Å². The molecule has 0 spiro atoms. The highest BCUT2D eigenvalue weighted by molar-refractivity contribution is 6.10. The number of aromatic amines is 2. The van der Waals surface area contributed by atoms with Crippen molar-refractivity contribution >= 4 is 27.8 Å². The van der Waals surface area contributed by atoms with Crippen LogP contribution in [0.2, 0.25) is 0 Å². The fraction of sp³-hybridized carbons (Fsp3) is 0.0769. The third kappa shape index (κ3) is 1.27. The number of carboxylic acids is 1. The first kappa shape index (κ1) is 10.6. The lowest BCUT2D eigenvalue weighted by Gasteiger charge is -2.02. The molecule has 0 aliphatic heterocycles. The van der Waals surface area contributed by atoms with Crippen molar-refractivity contribution in [2.75, 3.05) is 0 Å². The quantitative estimate of drug-likeness (QED) is 0.610. The van der Waals surface area contributed by atoms with Gasteiger partial charge in [-0.1, -0.05) is 6.07 Å². The van der Waals surface area contributed by atoms with Gasteiger partial charge in [-0.15, -0.1) is 0 Å². The Morgan fingerprint density at radius 2 is 2.00 bits per heavy atom. The number of nitrogens with one attached hydrogen (secondary N) is 2. The van der Waals surface area contributed by atoms with Crippen LogP contribution in [-0.4, -0.2) is 21.0 Å². The first-order chi connectivity index (χ1) is 8.59. The minimum Gasteiger partial charge on any atom is -0.477 e. The zero-order valence-electron chi connectivity index (χ0n) is 9.57. The van der Waals surface area contributed by atoms with Gasteiger partial charge in [-0.25, -0.2) is 4.79 Å². The van der Waals surface area contributed by atoms with Crippen LogP contribution in [0.15, 0.2) is 29.2 Å². The molecule has 90 valence electrons. The average Bonchev–Trinajstić information content (AvgIpc) is 2.69. The van der Waals surface area contributed by atoms with Gasteiger partial charge in [0.1, 0.15) is 5.69 Å². The summed E-state index contributed by atoms with van der Waals surface area (Å²) in [6, 6.07) is 4.96. The van der Waals surface area contributed by atoms with Crippen molar-refractivity contribution in [2.24, 2.45) is 0 Å². The van der Waals surface area contributed by atoms with E-state index in [1.165, 1.54) is 6.07 Å². The number of benzene rings is 1. The second-order valence-corrected chi connectivity index (χ2v) is 4.19. The molecule has 0 aliphatic rings. The molecule has 0 bridgehead atoms. The van der Waals surface area contributed by atoms with Crippen molar-refractivity contribution < 1.29 is 9.90 Å². The number of fused-ring (bicyclic) bond motifs is 3. The van der Waals surface area contributed by atoms with E-state index in [1.54, 1.807) is 25.3 Å². The van der Waals surface area contributed by atoms with Crippen LogP contribution in [0.3, 0.4) is 0 Å². The molecule has 5 nitrogen and oxygen atoms in total. The average molecular weight is 242 g/mol. The summed E-state index contributed by atoms with van der Waals surface area (Å²) in [6.45, 7) is 1.70. The molecule has 0 unspecified atom stereocenters. The van der Waals surface area contributed by atoms with E-state index in [-0.39, 0.29) is 11.1 Å². The van der Waals surface area contributed by atoms with E-state index in [2.05, 4.69) is 9.97 Å². The fourth-order valence-corrected chi connectivity index (χ4v) is 2.33. The smallest absolute Gasteiger partial charge is 0.352 e. The second-order valence-electron chi connectivity index (χ2n) is 4.19. The maximum atomic E-state index is 11.9. The largest absolute Gasteiger partial charge is 0.477 e. The highest BCUT2D eigenvalue weighted by atomic mass is 16.4. The summed E-state index contributed by atoms with van der Waals surface area (Å²) in [5.41, 5.74) is 2.01. The summed E-state index contributed by atoms with van der Waals surface area (Å²) in [5, 5.41) is 10.3. The summed E-state index contributed by atoms with van der Waals surface area (Å²) in [5.74, 6) is -1.04. The van der Waals surface area contributed by atoms with Crippen LogP contribution in [0, 0.1) is 6.92 Å². The fourth-order valence-electron chi connectivity index (χ4n) is 2.33. The maximum absolute atomic E-state index is 11.9. The van der Waals surface area contributed by atoms with Crippen LogP contribution in [0.5, 0.6) is 0 Å². The van der Waals surface area contributed by atoms with Crippen molar-refractivity contribution in [3.05, 3.63) is 45.9 Å². The number of carboxylic acid groups (broad SMARTS) is 1. The molecule has 3 rings (SSSR count). The summed E-state index contributed by atoms with van der Waals surface area (Å²) in [4.78, 5) is 28.8. The highest BCUT2D eigenvalue weighted by Crippen LogP contribution is 2.26. The van der Waals surface area contributed by atoms with E-state index >= 15 is 0 Å². The summed E-state index contributed by atoms with van der Waals surface area (Å²) in [7, 11) is 0. The lowest BCUT2D eigenvalue weighted by molar-refractivity contribution is 0.0690. The summed E-state index contributed by atoms with van der Waals surface area (Å²) >= 11 is 0. The molecule has 3 aromatic rings. The Hall–Kier alpha value is -2.56. The van der Waals surface area contributed by atoms with Crippen LogP contribution in [0.4, 0.5) is 0 Å². The molecule has 0 amide bonds. The van der Waals surface area contributed by atoms with Gasteiger partial charge in [0.2, 0.25) is 0 Å². The molecule has 0 fully saturated rings. The Labute approximate surface area is 101 Å². The Kier molecular flexibility index (Phi) is 2.04. The van der Waals surface area contributed by atoms with Gasteiger partial charge in [0.15, 0.2) is 5.43 Å². The van der Waals surface area contributed by atoms with Crippen molar-refractivity contribution in [1.82, 2.24) is 9.97 Å². The molecule has 0 radical (unpaired) electrons. The zero-order valence-corrected chi connectivity index (χ0v) is 9.57. The van der Waals surface area contributed by atoms with Crippen molar-refractivity contribution in [1.29, 1.82) is 0 Å². The molecular weight excluding hydrogens is 232 g/mol. The van der Waals surface area contributed by atoms with Crippen LogP contribution in [-0.2, 0) is 0 Å². The van der Waals surface area contributed by atoms with Gasteiger partial charge < -0.3 is 15.1 Å². The number of carbonyl (C=O) groups is 1. The number of aromatic nitrogens is 2. The van der Waals surface area contributed by atoms with E-state index in [0.29, 0.717) is 16.3 Å². The van der Waals surface area contributed by atoms with E-state index in [1.807, 2.05) is 0 Å². The molecule has 5 heteroatoms. The molecule has 18 heavy (non-hydrogen) atoms. The number of rotatable bonds is 1. The first-order valence-corrected chi connectivity index (χ1v) is 5.45. The highest BCUT2D eigenvalue weighted by Gasteiger charge is 2.15. The van der Waals surface area contributed by atoms with Crippen molar-refractivity contribution in [3.8, 4) is 0 Å². The minimum atomic E-state index is -1.04. The third-order valence-electron chi connectivity index (χ3n) is 3.14. The number of H-pyrrole nitrogens is 2. The Balaban J connectivity index is 2.61. The van der Waals surface area contributed by atoms with E-state index in [0.717, 1.165) is 11.0 Å². The number of pyridine rings is 1. The zero-order chi connectivity index (χ0) is 12.9. The van der Waals surface area contributed by atoms with Gasteiger partial charge in [-0.05, 0) is 24.6 Å². The molecule has 0 saturated heterocycles. The lowest BCUT2D eigenvalue weighted by atomic mass is 10.1. The predicted molar refractivity (Wildman–Crippen MR) is 68.1 cm³/mol. The van der Waals surface area contributed by atoms with Gasteiger partial charge >= 0.3 is 5.97 Å². The molecule has 2 aromatic heterocycles. The lowest BCUT2D eigenvalue weighted by Crippen LogP contribution is -2.04. The number of hydrogen-bond acceptors (Lipinski definition) is 2. The minimum absolute atomic E-state index is 0.103. The van der Waals surface area contributed by atoms with E-state index in [4.69, 9.17) is 5.11 Å². The molecule has 1 aromatic carbocycles. The van der Waals surface area contributed by atoms with Crippen molar-refractivity contribution in [2.45, 2.75) is 6.92 Å². The van der Waals surface area contributed by atoms with Gasteiger partial charge in [-0.2, -0.15) is 0 Å². The number of hydrogen-bond donors (Lipinski definition) is 3. The molecule has 0 atom stereocenters. The monoisotopic (exact) mass is 242 g/mol. The van der Waals surface area contributed by atoms with Gasteiger partial charge in [0.25, 0.3) is 0 Å². The standard InChI is InChI=1S/C13H10N2O3/c1-6-10-8(5-14-12(6)13(17)18)15-7-3-2-4-9(16)11(7)10/h2-5,14-15H,1H3,(H,17,18). The van der Waals surface area contributed by atoms with Crippen LogP contribution >= 0.6 is 0 Å². The van der Waals surface area contributed by atoms with Crippen LogP contribution in [0.1, 0.15) is 16.1 Å². The maximum Gasteiger partial charge on any atom is 0.352 e. The summed E-state index contributed by atoms with van der Waals surface area (Å²) in [6.07, 6.45) is 1.57. The van der Waals surface area contributed by atoms with E-state index in [9.17, 15) is 9.59 Å².